The summed E-state index contributed by atoms with van der Waals surface area (Å²) in [4.78, 5) is 7.51. The third-order valence-corrected chi connectivity index (χ3v) is 7.69. The largest absolute Gasteiger partial charge is 0.395 e. The van der Waals surface area contributed by atoms with Crippen molar-refractivity contribution in [2.24, 2.45) is 0 Å². The first kappa shape index (κ1) is 25.4. The molecular weight excluding hydrogens is 489 g/mol. The molecule has 0 aliphatic carbocycles. The number of nitrogens with zero attached hydrogens (tertiary/aromatic N) is 2. The second-order valence-electron chi connectivity index (χ2n) is 9.99. The fourth-order valence-electron chi connectivity index (χ4n) is 5.68. The molecule has 2 aliphatic heterocycles. The molecule has 3 N–H and O–H groups in total. The van der Waals surface area contributed by atoms with Crippen LogP contribution in [0.1, 0.15) is 36.2 Å². The number of hydrogen-bond acceptors (Lipinski definition) is 4. The van der Waals surface area contributed by atoms with E-state index in [0.29, 0.717) is 25.1 Å². The second kappa shape index (κ2) is 10.6. The topological polar surface area (TPSA) is 54.5 Å². The number of H-pyrrole nitrogens is 1. The van der Waals surface area contributed by atoms with Gasteiger partial charge in [0.15, 0.2) is 0 Å². The molecule has 5 nitrogen and oxygen atoms in total. The van der Waals surface area contributed by atoms with Gasteiger partial charge in [0.2, 0.25) is 0 Å². The first-order valence-corrected chi connectivity index (χ1v) is 13.0. The molecular formula is C27H32ClF3N4O. The van der Waals surface area contributed by atoms with E-state index in [0.717, 1.165) is 35.2 Å². The maximum absolute atomic E-state index is 15.7. The number of halogens is 4. The predicted octanol–water partition coefficient (Wildman–Crippen LogP) is 4.84. The number of alkyl halides is 2. The molecule has 36 heavy (non-hydrogen) atoms. The van der Waals surface area contributed by atoms with Crippen molar-refractivity contribution in [2.45, 2.75) is 43.3 Å². The van der Waals surface area contributed by atoms with Crippen LogP contribution in [0.15, 0.2) is 36.4 Å². The number of likely N-dealkylation sites (tertiary alicyclic amines) is 1. The molecule has 0 bridgehead atoms. The Kier molecular flexibility index (Phi) is 7.49. The van der Waals surface area contributed by atoms with E-state index in [1.807, 2.05) is 36.1 Å². The van der Waals surface area contributed by atoms with E-state index in [1.54, 1.807) is 0 Å². The van der Waals surface area contributed by atoms with Crippen LogP contribution < -0.4 is 5.32 Å². The zero-order valence-electron chi connectivity index (χ0n) is 20.3. The van der Waals surface area contributed by atoms with E-state index in [9.17, 15) is 9.50 Å². The normalized spacial score (nSPS) is 21.9. The average molecular weight is 521 g/mol. The maximum atomic E-state index is 15.7. The molecule has 0 amide bonds. The van der Waals surface area contributed by atoms with Crippen LogP contribution in [0.3, 0.4) is 0 Å². The zero-order valence-corrected chi connectivity index (χ0v) is 21.0. The van der Waals surface area contributed by atoms with Crippen molar-refractivity contribution in [1.82, 2.24) is 14.8 Å². The van der Waals surface area contributed by atoms with E-state index in [1.165, 1.54) is 12.1 Å². The lowest BCUT2D eigenvalue weighted by molar-refractivity contribution is 0.131. The van der Waals surface area contributed by atoms with Gasteiger partial charge < -0.3 is 15.4 Å². The van der Waals surface area contributed by atoms with Crippen LogP contribution in [-0.4, -0.2) is 76.8 Å². The molecule has 0 saturated carbocycles. The number of aromatic nitrogens is 1. The van der Waals surface area contributed by atoms with Gasteiger partial charge >= 0.3 is 0 Å². The van der Waals surface area contributed by atoms with Crippen LogP contribution in [0, 0.1) is 11.6 Å². The van der Waals surface area contributed by atoms with E-state index in [4.69, 9.17) is 11.6 Å². The van der Waals surface area contributed by atoms with Gasteiger partial charge in [0, 0.05) is 60.1 Å². The molecule has 9 heteroatoms. The minimum atomic E-state index is -0.710. The number of benzene rings is 2. The molecule has 1 fully saturated rings. The first-order chi connectivity index (χ1) is 17.4. The Morgan fingerprint density at radius 2 is 1.92 bits per heavy atom. The highest BCUT2D eigenvalue weighted by atomic mass is 35.5. The number of aliphatic hydroxyl groups excluding tert-OH is 1. The summed E-state index contributed by atoms with van der Waals surface area (Å²) in [6.45, 7) is 3.86. The SMILES string of the molecule is CC1Cc2c([nH]c3ccccc23)C(c2c(F)cc(NC3CN(CCCF)C3)cc2F)N1CC(Cl)CO. The molecule has 2 aliphatic rings. The van der Waals surface area contributed by atoms with Gasteiger partial charge in [-0.3, -0.25) is 14.2 Å². The monoisotopic (exact) mass is 520 g/mol. The number of para-hydroxylation sites is 1. The van der Waals surface area contributed by atoms with Gasteiger partial charge in [0.25, 0.3) is 0 Å². The van der Waals surface area contributed by atoms with Crippen molar-refractivity contribution >= 4 is 28.2 Å². The smallest absolute Gasteiger partial charge is 0.133 e. The highest BCUT2D eigenvalue weighted by molar-refractivity contribution is 6.20. The molecule has 3 unspecified atom stereocenters. The van der Waals surface area contributed by atoms with Crippen molar-refractivity contribution in [3.63, 3.8) is 0 Å². The molecule has 3 heterocycles. The van der Waals surface area contributed by atoms with Crippen LogP contribution in [0.25, 0.3) is 10.9 Å². The lowest BCUT2D eigenvalue weighted by Crippen LogP contribution is -2.54. The number of rotatable bonds is 9. The summed E-state index contributed by atoms with van der Waals surface area (Å²) in [5.74, 6) is -1.26. The third-order valence-electron chi connectivity index (χ3n) is 7.41. The van der Waals surface area contributed by atoms with Gasteiger partial charge in [-0.05, 0) is 43.5 Å². The number of aliphatic hydroxyl groups is 1. The highest BCUT2D eigenvalue weighted by Gasteiger charge is 2.39. The van der Waals surface area contributed by atoms with E-state index in [-0.39, 0.29) is 37.5 Å². The van der Waals surface area contributed by atoms with Gasteiger partial charge in [-0.1, -0.05) is 18.2 Å². The molecule has 2 aromatic carbocycles. The van der Waals surface area contributed by atoms with Crippen molar-refractivity contribution < 1.29 is 18.3 Å². The Balaban J connectivity index is 1.48. The molecule has 1 aromatic heterocycles. The lowest BCUT2D eigenvalue weighted by Gasteiger charge is -2.42. The van der Waals surface area contributed by atoms with Gasteiger partial charge in [-0.15, -0.1) is 11.6 Å². The van der Waals surface area contributed by atoms with Crippen LogP contribution in [0.4, 0.5) is 18.9 Å². The number of anilines is 1. The molecule has 194 valence electrons. The molecule has 3 atom stereocenters. The van der Waals surface area contributed by atoms with Gasteiger partial charge in [0.05, 0.1) is 30.7 Å². The fourth-order valence-corrected chi connectivity index (χ4v) is 5.84. The summed E-state index contributed by atoms with van der Waals surface area (Å²) in [5, 5.41) is 13.3. The minimum Gasteiger partial charge on any atom is -0.395 e. The molecule has 0 spiro atoms. The van der Waals surface area contributed by atoms with Crippen LogP contribution in [-0.2, 0) is 6.42 Å². The summed E-state index contributed by atoms with van der Waals surface area (Å²) in [6, 6.07) is 9.91. The van der Waals surface area contributed by atoms with Gasteiger partial charge in [-0.2, -0.15) is 0 Å². The fraction of sp³-hybridized carbons (Fsp3) is 0.481. The van der Waals surface area contributed by atoms with Crippen molar-refractivity contribution in [3.05, 3.63) is 64.9 Å². The number of hydrogen-bond donors (Lipinski definition) is 3. The number of fused-ring (bicyclic) bond motifs is 3. The van der Waals surface area contributed by atoms with Gasteiger partial charge in [-0.25, -0.2) is 8.78 Å². The maximum Gasteiger partial charge on any atom is 0.133 e. The summed E-state index contributed by atoms with van der Waals surface area (Å²) in [7, 11) is 0. The number of aromatic amines is 1. The molecule has 0 radical (unpaired) electrons. The highest BCUT2D eigenvalue weighted by Crippen LogP contribution is 2.43. The first-order valence-electron chi connectivity index (χ1n) is 12.5. The molecule has 5 rings (SSSR count). The van der Waals surface area contributed by atoms with E-state index >= 15 is 8.78 Å². The van der Waals surface area contributed by atoms with Crippen LogP contribution in [0.5, 0.6) is 0 Å². The average Bonchev–Trinajstić information content (AvgIpc) is 3.19. The number of nitrogens with one attached hydrogen (secondary N) is 2. The quantitative estimate of drug-likeness (QED) is 0.354. The van der Waals surface area contributed by atoms with Crippen molar-refractivity contribution in [2.75, 3.05) is 44.8 Å². The predicted molar refractivity (Wildman–Crippen MR) is 138 cm³/mol. The summed E-state index contributed by atoms with van der Waals surface area (Å²) >= 11 is 6.33. The Morgan fingerprint density at radius 3 is 2.61 bits per heavy atom. The lowest BCUT2D eigenvalue weighted by atomic mass is 9.87. The third kappa shape index (κ3) is 4.84. The van der Waals surface area contributed by atoms with E-state index in [2.05, 4.69) is 15.2 Å². The Morgan fingerprint density at radius 1 is 1.19 bits per heavy atom. The van der Waals surface area contributed by atoms with Crippen LogP contribution in [0.2, 0.25) is 0 Å². The van der Waals surface area contributed by atoms with Crippen molar-refractivity contribution in [1.29, 1.82) is 0 Å². The van der Waals surface area contributed by atoms with Gasteiger partial charge in [0.1, 0.15) is 11.6 Å². The Labute approximate surface area is 214 Å². The molecule has 1 saturated heterocycles. The zero-order chi connectivity index (χ0) is 25.4. The Hall–Kier alpha value is -2.26. The summed E-state index contributed by atoms with van der Waals surface area (Å²) in [6.07, 6.45) is 1.20. The minimum absolute atomic E-state index is 0.0279. The summed E-state index contributed by atoms with van der Waals surface area (Å²) < 4.78 is 43.8. The van der Waals surface area contributed by atoms with Crippen molar-refractivity contribution in [3.8, 4) is 0 Å². The molecule has 3 aromatic rings. The van der Waals surface area contributed by atoms with Crippen LogP contribution >= 0.6 is 11.6 Å². The standard InChI is InChI=1S/C27H32ClF3N4O/c1-16-9-21-20-5-2-3-6-24(20)33-26(21)27(35(16)12-17(28)15-36)25-22(30)10-18(11-23(25)31)32-19-13-34(14-19)8-4-7-29/h2-3,5-6,10-11,16-17,19,27,32-33,36H,4,7-9,12-15H2,1H3. The Bertz CT molecular complexity index is 1190. The summed E-state index contributed by atoms with van der Waals surface area (Å²) in [5.41, 5.74) is 3.10. The van der Waals surface area contributed by atoms with E-state index < -0.39 is 23.1 Å². The second-order valence-corrected chi connectivity index (χ2v) is 10.6.